The third-order valence-electron chi connectivity index (χ3n) is 3.84. The average molecular weight is 314 g/mol. The lowest BCUT2D eigenvalue weighted by Crippen LogP contribution is -2.54. The Hall–Kier alpha value is -1.90. The van der Waals surface area contributed by atoms with Gasteiger partial charge in [-0.05, 0) is 5.92 Å². The van der Waals surface area contributed by atoms with E-state index in [1.165, 1.54) is 6.33 Å². The van der Waals surface area contributed by atoms with Gasteiger partial charge in [-0.2, -0.15) is 13.2 Å². The van der Waals surface area contributed by atoms with E-state index in [1.54, 1.807) is 0 Å². The lowest BCUT2D eigenvalue weighted by atomic mass is 10.0. The van der Waals surface area contributed by atoms with Gasteiger partial charge >= 0.3 is 6.18 Å². The molecule has 1 aliphatic heterocycles. The number of nitrogens with zero attached hydrogens (tertiary/aromatic N) is 4. The van der Waals surface area contributed by atoms with Crippen LogP contribution in [0.2, 0.25) is 0 Å². The number of halogens is 3. The fraction of sp³-hybridized carbons (Fsp3) is 0.615. The van der Waals surface area contributed by atoms with Crippen molar-refractivity contribution in [2.24, 2.45) is 5.92 Å². The topological polar surface area (TPSA) is 69.7 Å². The van der Waals surface area contributed by atoms with Crippen molar-refractivity contribution in [1.82, 2.24) is 25.3 Å². The molecule has 2 aromatic heterocycles. The summed E-state index contributed by atoms with van der Waals surface area (Å²) in [5, 5.41) is 3.27. The number of aromatic amines is 1. The highest BCUT2D eigenvalue weighted by Crippen LogP contribution is 2.32. The minimum atomic E-state index is -4.59. The minimum absolute atomic E-state index is 0.0402. The van der Waals surface area contributed by atoms with E-state index in [9.17, 15) is 13.2 Å². The fourth-order valence-corrected chi connectivity index (χ4v) is 2.74. The number of anilines is 1. The van der Waals surface area contributed by atoms with E-state index in [-0.39, 0.29) is 23.4 Å². The van der Waals surface area contributed by atoms with Gasteiger partial charge in [0.05, 0.1) is 6.33 Å². The zero-order valence-corrected chi connectivity index (χ0v) is 12.3. The molecule has 6 nitrogen and oxygen atoms in total. The highest BCUT2D eigenvalue weighted by molar-refractivity contribution is 5.83. The van der Waals surface area contributed by atoms with Crippen LogP contribution in [0.25, 0.3) is 11.2 Å². The largest absolute Gasteiger partial charge is 0.451 e. The summed E-state index contributed by atoms with van der Waals surface area (Å²) in [7, 11) is 0. The molecule has 0 amide bonds. The molecule has 1 saturated heterocycles. The van der Waals surface area contributed by atoms with Crippen molar-refractivity contribution in [2.75, 3.05) is 24.5 Å². The molecule has 0 radical (unpaired) electrons. The zero-order chi connectivity index (χ0) is 15.9. The van der Waals surface area contributed by atoms with Crippen LogP contribution < -0.4 is 10.2 Å². The van der Waals surface area contributed by atoms with Crippen molar-refractivity contribution >= 4 is 17.0 Å². The molecule has 120 valence electrons. The molecular formula is C13H17F3N6. The van der Waals surface area contributed by atoms with Crippen molar-refractivity contribution in [1.29, 1.82) is 0 Å². The minimum Gasteiger partial charge on any atom is -0.349 e. The molecular weight excluding hydrogens is 297 g/mol. The smallest absolute Gasteiger partial charge is 0.349 e. The Kier molecular flexibility index (Phi) is 3.67. The summed E-state index contributed by atoms with van der Waals surface area (Å²) in [6, 6.07) is 0.0660. The third kappa shape index (κ3) is 2.60. The normalized spacial score (nSPS) is 20.1. The molecule has 0 bridgehead atoms. The maximum absolute atomic E-state index is 13.0. The number of H-pyrrole nitrogens is 1. The summed E-state index contributed by atoms with van der Waals surface area (Å²) in [5.74, 6) is -0.603. The van der Waals surface area contributed by atoms with Crippen LogP contribution in [0.1, 0.15) is 19.7 Å². The second-order valence-corrected chi connectivity index (χ2v) is 5.68. The van der Waals surface area contributed by atoms with Gasteiger partial charge in [0.25, 0.3) is 0 Å². The molecule has 2 N–H and O–H groups in total. The Morgan fingerprint density at radius 2 is 2.09 bits per heavy atom. The number of fused-ring (bicyclic) bond motifs is 1. The van der Waals surface area contributed by atoms with Crippen LogP contribution in [0.15, 0.2) is 6.33 Å². The average Bonchev–Trinajstić information content (AvgIpc) is 2.93. The quantitative estimate of drug-likeness (QED) is 0.885. The summed E-state index contributed by atoms with van der Waals surface area (Å²) in [6.45, 7) is 6.08. The van der Waals surface area contributed by atoms with E-state index < -0.39 is 12.0 Å². The molecule has 0 aromatic carbocycles. The van der Waals surface area contributed by atoms with Crippen LogP contribution in [0.5, 0.6) is 0 Å². The van der Waals surface area contributed by atoms with Gasteiger partial charge in [0.1, 0.15) is 5.52 Å². The second-order valence-electron chi connectivity index (χ2n) is 5.68. The third-order valence-corrected chi connectivity index (χ3v) is 3.84. The summed E-state index contributed by atoms with van der Waals surface area (Å²) in [6.07, 6.45) is -3.25. The molecule has 1 fully saturated rings. The van der Waals surface area contributed by atoms with Crippen LogP contribution >= 0.6 is 0 Å². The molecule has 9 heteroatoms. The van der Waals surface area contributed by atoms with Crippen molar-refractivity contribution in [3.8, 4) is 0 Å². The first-order valence-electron chi connectivity index (χ1n) is 7.13. The van der Waals surface area contributed by atoms with Crippen LogP contribution in [0, 0.1) is 5.92 Å². The Morgan fingerprint density at radius 1 is 1.32 bits per heavy atom. The van der Waals surface area contributed by atoms with Gasteiger partial charge in [-0.3, -0.25) is 0 Å². The first kappa shape index (κ1) is 15.0. The van der Waals surface area contributed by atoms with E-state index in [2.05, 4.69) is 25.3 Å². The first-order chi connectivity index (χ1) is 10.4. The van der Waals surface area contributed by atoms with Crippen LogP contribution in [-0.2, 0) is 6.18 Å². The van der Waals surface area contributed by atoms with E-state index in [0.29, 0.717) is 25.2 Å². The fourth-order valence-electron chi connectivity index (χ4n) is 2.74. The lowest BCUT2D eigenvalue weighted by Gasteiger charge is -2.39. The second kappa shape index (κ2) is 5.38. The Balaban J connectivity index is 2.13. The van der Waals surface area contributed by atoms with Crippen LogP contribution in [0.4, 0.5) is 19.0 Å². The number of piperazine rings is 1. The van der Waals surface area contributed by atoms with Crippen molar-refractivity contribution < 1.29 is 13.2 Å². The number of alkyl halides is 3. The summed E-state index contributed by atoms with van der Waals surface area (Å²) in [5.41, 5.74) is 0.485. The van der Waals surface area contributed by atoms with Gasteiger partial charge in [0.15, 0.2) is 11.5 Å². The van der Waals surface area contributed by atoms with Crippen LogP contribution in [0.3, 0.4) is 0 Å². The van der Waals surface area contributed by atoms with Gasteiger partial charge in [0.2, 0.25) is 5.82 Å². The number of hydrogen-bond donors (Lipinski definition) is 2. The maximum Gasteiger partial charge on any atom is 0.451 e. The Labute approximate surface area is 125 Å². The molecule has 1 atom stereocenters. The number of hydrogen-bond acceptors (Lipinski definition) is 5. The van der Waals surface area contributed by atoms with E-state index in [0.717, 1.165) is 0 Å². The molecule has 1 unspecified atom stereocenters. The number of aromatic nitrogens is 4. The summed E-state index contributed by atoms with van der Waals surface area (Å²) in [4.78, 5) is 15.9. The van der Waals surface area contributed by atoms with E-state index >= 15 is 0 Å². The van der Waals surface area contributed by atoms with E-state index in [1.807, 2.05) is 18.7 Å². The first-order valence-corrected chi connectivity index (χ1v) is 7.13. The molecule has 0 spiro atoms. The summed E-state index contributed by atoms with van der Waals surface area (Å²) < 4.78 is 39.1. The molecule has 2 aromatic rings. The Morgan fingerprint density at radius 3 is 2.77 bits per heavy atom. The van der Waals surface area contributed by atoms with Gasteiger partial charge in [0, 0.05) is 25.7 Å². The van der Waals surface area contributed by atoms with Gasteiger partial charge in [-0.25, -0.2) is 15.0 Å². The molecule has 0 aliphatic carbocycles. The van der Waals surface area contributed by atoms with Crippen molar-refractivity contribution in [3.05, 3.63) is 12.2 Å². The maximum atomic E-state index is 13.0. The highest BCUT2D eigenvalue weighted by atomic mass is 19.4. The Bertz CT molecular complexity index is 665. The monoisotopic (exact) mass is 314 g/mol. The molecule has 3 heterocycles. The number of nitrogens with one attached hydrogen (secondary N) is 2. The predicted molar refractivity (Wildman–Crippen MR) is 75.5 cm³/mol. The highest BCUT2D eigenvalue weighted by Gasteiger charge is 2.37. The standard InChI is InChI=1S/C13H17F3N6/c1-7(2)8-5-17-3-4-22(8)11-9-10(19-6-18-9)20-12(21-11)13(14,15)16/h6-8,17H,3-5H2,1-2H3,(H,18,19,20,21). The molecule has 3 rings (SSSR count). The van der Waals surface area contributed by atoms with Crippen molar-refractivity contribution in [3.63, 3.8) is 0 Å². The number of imidazole rings is 1. The molecule has 1 aliphatic rings. The van der Waals surface area contributed by atoms with Gasteiger partial charge < -0.3 is 15.2 Å². The van der Waals surface area contributed by atoms with E-state index in [4.69, 9.17) is 0 Å². The lowest BCUT2D eigenvalue weighted by molar-refractivity contribution is -0.144. The number of rotatable bonds is 2. The van der Waals surface area contributed by atoms with Gasteiger partial charge in [-0.15, -0.1) is 0 Å². The predicted octanol–water partition coefficient (Wildman–Crippen LogP) is 1.81. The summed E-state index contributed by atoms with van der Waals surface area (Å²) >= 11 is 0. The molecule has 0 saturated carbocycles. The van der Waals surface area contributed by atoms with Crippen LogP contribution in [-0.4, -0.2) is 45.6 Å². The molecule has 22 heavy (non-hydrogen) atoms. The zero-order valence-electron chi connectivity index (χ0n) is 12.3. The van der Waals surface area contributed by atoms with Crippen molar-refractivity contribution in [2.45, 2.75) is 26.1 Å². The SMILES string of the molecule is CC(C)C1CNCCN1c1nc(C(F)(F)F)nc2nc[nH]c12. The van der Waals surface area contributed by atoms with Gasteiger partial charge in [-0.1, -0.05) is 13.8 Å².